The van der Waals surface area contributed by atoms with Gasteiger partial charge in [0.2, 0.25) is 5.91 Å². The fourth-order valence-corrected chi connectivity index (χ4v) is 2.36. The Bertz CT molecular complexity index is 618. The summed E-state index contributed by atoms with van der Waals surface area (Å²) in [5.41, 5.74) is 8.28. The van der Waals surface area contributed by atoms with Crippen molar-refractivity contribution in [2.75, 3.05) is 12.3 Å². The highest BCUT2D eigenvalue weighted by Crippen LogP contribution is 2.23. The molecule has 1 amide bonds. The number of aromatic nitrogens is 2. The molecule has 0 saturated carbocycles. The summed E-state index contributed by atoms with van der Waals surface area (Å²) in [5, 5.41) is 2.94. The molecule has 1 aromatic heterocycles. The molecule has 1 atom stereocenters. The molecule has 0 fully saturated rings. The van der Waals surface area contributed by atoms with Gasteiger partial charge in [0.15, 0.2) is 0 Å². The van der Waals surface area contributed by atoms with Crippen LogP contribution >= 0.6 is 0 Å². The van der Waals surface area contributed by atoms with Crippen molar-refractivity contribution in [1.29, 1.82) is 0 Å². The molecule has 2 rings (SSSR count). The molecule has 5 heteroatoms. The fraction of sp³-hybridized carbons (Fsp3) is 0.467. The molecule has 1 heterocycles. The number of anilines is 1. The average molecular weight is 274 g/mol. The number of amides is 1. The topological polar surface area (TPSA) is 72.9 Å². The number of benzene rings is 1. The number of nitrogens with zero attached hydrogens (tertiary/aromatic N) is 2. The summed E-state index contributed by atoms with van der Waals surface area (Å²) in [5.74, 6) is 0.933. The van der Waals surface area contributed by atoms with Crippen molar-refractivity contribution >= 4 is 22.6 Å². The molecule has 1 aromatic carbocycles. The smallest absolute Gasteiger partial charge is 0.242 e. The van der Waals surface area contributed by atoms with Gasteiger partial charge in [0.25, 0.3) is 0 Å². The average Bonchev–Trinajstić information content (AvgIpc) is 2.81. The van der Waals surface area contributed by atoms with E-state index in [0.717, 1.165) is 29.7 Å². The van der Waals surface area contributed by atoms with E-state index in [0.29, 0.717) is 12.2 Å². The highest BCUT2D eigenvalue weighted by molar-refractivity contribution is 5.85. The molecular formula is C15H22N4O. The molecule has 0 aliphatic carbocycles. The summed E-state index contributed by atoms with van der Waals surface area (Å²) >= 11 is 0. The van der Waals surface area contributed by atoms with Crippen LogP contribution in [0, 0.1) is 0 Å². The van der Waals surface area contributed by atoms with Crippen molar-refractivity contribution in [3.63, 3.8) is 0 Å². The third-order valence-electron chi connectivity index (χ3n) is 3.42. The lowest BCUT2D eigenvalue weighted by Gasteiger charge is -2.17. The maximum Gasteiger partial charge on any atom is 0.242 e. The second-order valence-electron chi connectivity index (χ2n) is 4.97. The van der Waals surface area contributed by atoms with Gasteiger partial charge < -0.3 is 15.6 Å². The number of aryl methyl sites for hydroxylation is 1. The lowest BCUT2D eigenvalue weighted by atomic mass is 10.2. The number of rotatable bonds is 5. The number of carbonyl (C=O) groups is 1. The van der Waals surface area contributed by atoms with E-state index >= 15 is 0 Å². The molecule has 1 unspecified atom stereocenters. The van der Waals surface area contributed by atoms with Crippen molar-refractivity contribution in [2.24, 2.45) is 0 Å². The van der Waals surface area contributed by atoms with E-state index in [1.54, 1.807) is 0 Å². The van der Waals surface area contributed by atoms with E-state index < -0.39 is 0 Å². The summed E-state index contributed by atoms with van der Waals surface area (Å²) in [6.45, 7) is 6.68. The number of imidazole rings is 1. The van der Waals surface area contributed by atoms with Gasteiger partial charge in [-0.1, -0.05) is 13.8 Å². The minimum Gasteiger partial charge on any atom is -0.399 e. The van der Waals surface area contributed by atoms with Gasteiger partial charge >= 0.3 is 0 Å². The highest BCUT2D eigenvalue weighted by atomic mass is 16.2. The van der Waals surface area contributed by atoms with Crippen molar-refractivity contribution < 1.29 is 4.79 Å². The summed E-state index contributed by atoms with van der Waals surface area (Å²) in [7, 11) is 0. The number of hydrogen-bond donors (Lipinski definition) is 2. The van der Waals surface area contributed by atoms with Gasteiger partial charge in [-0.05, 0) is 31.5 Å². The summed E-state index contributed by atoms with van der Waals surface area (Å²) < 4.78 is 2.00. The minimum absolute atomic E-state index is 0.0256. The van der Waals surface area contributed by atoms with Crippen molar-refractivity contribution in [2.45, 2.75) is 39.7 Å². The van der Waals surface area contributed by atoms with Crippen LogP contribution in [0.1, 0.15) is 39.1 Å². The molecule has 3 N–H and O–H groups in total. The van der Waals surface area contributed by atoms with E-state index in [4.69, 9.17) is 5.73 Å². The van der Waals surface area contributed by atoms with Crippen molar-refractivity contribution in [3.05, 3.63) is 24.0 Å². The molecule has 0 saturated heterocycles. The Kier molecular flexibility index (Phi) is 4.27. The Hall–Kier alpha value is -2.04. The molecule has 0 radical (unpaired) electrons. The first-order valence-electron chi connectivity index (χ1n) is 7.12. The zero-order valence-electron chi connectivity index (χ0n) is 12.3. The number of hydrogen-bond acceptors (Lipinski definition) is 3. The van der Waals surface area contributed by atoms with Gasteiger partial charge in [0.05, 0.1) is 11.0 Å². The molecule has 0 bridgehead atoms. The van der Waals surface area contributed by atoms with Crippen LogP contribution in [0.5, 0.6) is 0 Å². The lowest BCUT2D eigenvalue weighted by molar-refractivity contribution is -0.123. The van der Waals surface area contributed by atoms with Crippen LogP contribution in [0.25, 0.3) is 11.0 Å². The molecule has 0 aliphatic heterocycles. The normalized spacial score (nSPS) is 12.6. The second-order valence-corrected chi connectivity index (χ2v) is 4.97. The van der Waals surface area contributed by atoms with Gasteiger partial charge in [-0.15, -0.1) is 0 Å². The summed E-state index contributed by atoms with van der Waals surface area (Å²) in [4.78, 5) is 16.8. The fourth-order valence-electron chi connectivity index (χ4n) is 2.36. The molecule has 108 valence electrons. The highest BCUT2D eigenvalue weighted by Gasteiger charge is 2.20. The first-order valence-corrected chi connectivity index (χ1v) is 7.12. The van der Waals surface area contributed by atoms with Crippen LogP contribution in [0.15, 0.2) is 18.2 Å². The van der Waals surface area contributed by atoms with E-state index in [1.807, 2.05) is 43.5 Å². The maximum absolute atomic E-state index is 12.2. The van der Waals surface area contributed by atoms with Crippen molar-refractivity contribution in [1.82, 2.24) is 14.9 Å². The van der Waals surface area contributed by atoms with E-state index in [1.165, 1.54) is 0 Å². The van der Waals surface area contributed by atoms with Crippen LogP contribution in [0.2, 0.25) is 0 Å². The summed E-state index contributed by atoms with van der Waals surface area (Å²) in [6, 6.07) is 5.35. The predicted octanol–water partition coefficient (Wildman–Crippen LogP) is 2.27. The third kappa shape index (κ3) is 2.61. The molecule has 5 nitrogen and oxygen atoms in total. The Morgan fingerprint density at radius 2 is 2.20 bits per heavy atom. The molecule has 0 spiro atoms. The minimum atomic E-state index is -0.273. The Morgan fingerprint density at radius 1 is 1.45 bits per heavy atom. The number of nitrogens with one attached hydrogen (secondary N) is 1. The summed E-state index contributed by atoms with van der Waals surface area (Å²) in [6.07, 6.45) is 1.71. The maximum atomic E-state index is 12.2. The molecular weight excluding hydrogens is 252 g/mol. The first kappa shape index (κ1) is 14.4. The molecule has 0 aliphatic rings. The van der Waals surface area contributed by atoms with Gasteiger partial charge in [-0.25, -0.2) is 4.98 Å². The van der Waals surface area contributed by atoms with Gasteiger partial charge in [-0.3, -0.25) is 4.79 Å². The quantitative estimate of drug-likeness (QED) is 0.821. The van der Waals surface area contributed by atoms with E-state index in [9.17, 15) is 4.79 Å². The lowest BCUT2D eigenvalue weighted by Crippen LogP contribution is -2.32. The zero-order valence-corrected chi connectivity index (χ0v) is 12.3. The monoisotopic (exact) mass is 274 g/mol. The largest absolute Gasteiger partial charge is 0.399 e. The van der Waals surface area contributed by atoms with Gasteiger partial charge in [-0.2, -0.15) is 0 Å². The Labute approximate surface area is 119 Å². The van der Waals surface area contributed by atoms with Crippen LogP contribution in [0.3, 0.4) is 0 Å². The predicted molar refractivity (Wildman–Crippen MR) is 81.5 cm³/mol. The van der Waals surface area contributed by atoms with Crippen LogP contribution in [0.4, 0.5) is 5.69 Å². The zero-order chi connectivity index (χ0) is 14.7. The van der Waals surface area contributed by atoms with Gasteiger partial charge in [0.1, 0.15) is 11.9 Å². The number of nitrogen functional groups attached to an aromatic ring is 1. The molecule has 2 aromatic rings. The third-order valence-corrected chi connectivity index (χ3v) is 3.42. The first-order chi connectivity index (χ1) is 9.58. The van der Waals surface area contributed by atoms with E-state index in [2.05, 4.69) is 10.3 Å². The Morgan fingerprint density at radius 3 is 2.85 bits per heavy atom. The van der Waals surface area contributed by atoms with E-state index in [-0.39, 0.29) is 11.9 Å². The van der Waals surface area contributed by atoms with Crippen LogP contribution in [-0.2, 0) is 11.2 Å². The second kappa shape index (κ2) is 5.94. The number of carbonyl (C=O) groups excluding carboxylic acids is 1. The van der Waals surface area contributed by atoms with Gasteiger partial charge in [0, 0.05) is 18.7 Å². The standard InChI is InChI=1S/C15H22N4O/c1-4-8-17-15(20)10(3)19-13-7-6-11(16)9-12(13)18-14(19)5-2/h6-7,9-10H,4-5,8,16H2,1-3H3,(H,17,20). The number of fused-ring (bicyclic) bond motifs is 1. The Balaban J connectivity index is 2.43. The van der Waals surface area contributed by atoms with Crippen LogP contribution < -0.4 is 11.1 Å². The van der Waals surface area contributed by atoms with Crippen molar-refractivity contribution in [3.8, 4) is 0 Å². The number of nitrogens with two attached hydrogens (primary N) is 1. The SMILES string of the molecule is CCCNC(=O)C(C)n1c(CC)nc2cc(N)ccc21. The van der Waals surface area contributed by atoms with Crippen LogP contribution in [-0.4, -0.2) is 22.0 Å². The molecule has 20 heavy (non-hydrogen) atoms.